The van der Waals surface area contributed by atoms with E-state index in [0.29, 0.717) is 30.5 Å². The first-order valence-electron chi connectivity index (χ1n) is 9.70. The second-order valence-corrected chi connectivity index (χ2v) is 9.40. The van der Waals surface area contributed by atoms with E-state index in [1.807, 2.05) is 6.08 Å². The fourth-order valence-corrected chi connectivity index (χ4v) is 7.26. The molecular formula is C21H30O3. The number of allylic oxidation sites excluding steroid dienone is 1. The molecule has 3 fully saturated rings. The van der Waals surface area contributed by atoms with Crippen LogP contribution in [-0.4, -0.2) is 22.8 Å². The molecule has 3 saturated carbocycles. The molecule has 4 aliphatic carbocycles. The summed E-state index contributed by atoms with van der Waals surface area (Å²) in [5, 5.41) is 10.8. The second-order valence-electron chi connectivity index (χ2n) is 9.40. The molecule has 0 bridgehead atoms. The summed E-state index contributed by atoms with van der Waals surface area (Å²) in [6, 6.07) is 0. The molecule has 132 valence electrons. The van der Waals surface area contributed by atoms with Crippen LogP contribution in [0.5, 0.6) is 0 Å². The minimum Gasteiger partial charge on any atom is -0.393 e. The van der Waals surface area contributed by atoms with Gasteiger partial charge in [0, 0.05) is 12.3 Å². The van der Waals surface area contributed by atoms with Crippen molar-refractivity contribution in [3.63, 3.8) is 0 Å². The Morgan fingerprint density at radius 3 is 2.67 bits per heavy atom. The SMILES string of the molecule is CC(=O)C1CC(O)C2C3CCC4=CC(=O)CCC4(C)C3CCC12C. The summed E-state index contributed by atoms with van der Waals surface area (Å²) in [7, 11) is 0. The zero-order chi connectivity index (χ0) is 17.3. The maximum Gasteiger partial charge on any atom is 0.155 e. The highest BCUT2D eigenvalue weighted by Gasteiger charge is 2.62. The summed E-state index contributed by atoms with van der Waals surface area (Å²) in [4.78, 5) is 24.1. The Morgan fingerprint density at radius 2 is 1.96 bits per heavy atom. The zero-order valence-electron chi connectivity index (χ0n) is 15.2. The van der Waals surface area contributed by atoms with Gasteiger partial charge in [0.25, 0.3) is 0 Å². The van der Waals surface area contributed by atoms with Gasteiger partial charge in [-0.05, 0) is 80.1 Å². The fraction of sp³-hybridized carbons (Fsp3) is 0.810. The largest absolute Gasteiger partial charge is 0.393 e. The van der Waals surface area contributed by atoms with Crippen LogP contribution in [0.25, 0.3) is 0 Å². The monoisotopic (exact) mass is 330 g/mol. The third-order valence-corrected chi connectivity index (χ3v) is 8.44. The number of hydrogen-bond donors (Lipinski definition) is 1. The van der Waals surface area contributed by atoms with Gasteiger partial charge in [0.1, 0.15) is 5.78 Å². The topological polar surface area (TPSA) is 54.4 Å². The first kappa shape index (κ1) is 16.5. The van der Waals surface area contributed by atoms with Crippen molar-refractivity contribution >= 4 is 11.6 Å². The minimum atomic E-state index is -0.337. The minimum absolute atomic E-state index is 0.0242. The van der Waals surface area contributed by atoms with E-state index in [1.54, 1.807) is 6.92 Å². The molecule has 7 atom stereocenters. The molecule has 0 radical (unpaired) electrons. The number of aliphatic hydroxyl groups is 1. The predicted molar refractivity (Wildman–Crippen MR) is 92.3 cm³/mol. The highest BCUT2D eigenvalue weighted by atomic mass is 16.3. The van der Waals surface area contributed by atoms with E-state index < -0.39 is 0 Å². The molecule has 0 heterocycles. The first-order chi connectivity index (χ1) is 11.3. The number of carbonyl (C=O) groups is 2. The molecule has 0 aromatic carbocycles. The fourth-order valence-electron chi connectivity index (χ4n) is 7.26. The quantitative estimate of drug-likeness (QED) is 0.797. The van der Waals surface area contributed by atoms with E-state index >= 15 is 0 Å². The third kappa shape index (κ3) is 2.06. The molecule has 1 N–H and O–H groups in total. The molecule has 3 nitrogen and oxygen atoms in total. The van der Waals surface area contributed by atoms with Crippen molar-refractivity contribution in [2.45, 2.75) is 71.8 Å². The van der Waals surface area contributed by atoms with Crippen LogP contribution in [0, 0.1) is 34.5 Å². The lowest BCUT2D eigenvalue weighted by molar-refractivity contribution is -0.129. The van der Waals surface area contributed by atoms with Gasteiger partial charge in [-0.1, -0.05) is 19.4 Å². The molecule has 0 amide bonds. The van der Waals surface area contributed by atoms with Crippen LogP contribution < -0.4 is 0 Å². The average molecular weight is 330 g/mol. The summed E-state index contributed by atoms with van der Waals surface area (Å²) in [6.45, 7) is 6.32. The molecule has 0 saturated heterocycles. The number of carbonyl (C=O) groups excluding carboxylic acids is 2. The Labute approximate surface area is 144 Å². The number of rotatable bonds is 1. The lowest BCUT2D eigenvalue weighted by Gasteiger charge is -2.58. The molecule has 0 aliphatic heterocycles. The molecule has 7 unspecified atom stereocenters. The Bertz CT molecular complexity index is 621. The van der Waals surface area contributed by atoms with Gasteiger partial charge in [-0.15, -0.1) is 0 Å². The Kier molecular flexibility index (Phi) is 3.62. The van der Waals surface area contributed by atoms with Crippen molar-refractivity contribution in [1.29, 1.82) is 0 Å². The molecule has 3 heteroatoms. The molecule has 0 spiro atoms. The molecule has 4 aliphatic rings. The van der Waals surface area contributed by atoms with E-state index in [2.05, 4.69) is 13.8 Å². The summed E-state index contributed by atoms with van der Waals surface area (Å²) in [5.41, 5.74) is 1.46. The van der Waals surface area contributed by atoms with Crippen molar-refractivity contribution < 1.29 is 14.7 Å². The highest BCUT2D eigenvalue weighted by Crippen LogP contribution is 2.66. The van der Waals surface area contributed by atoms with E-state index in [4.69, 9.17) is 0 Å². The maximum absolute atomic E-state index is 12.2. The summed E-state index contributed by atoms with van der Waals surface area (Å²) in [6.07, 6.45) is 8.12. The van der Waals surface area contributed by atoms with Gasteiger partial charge in [0.2, 0.25) is 0 Å². The van der Waals surface area contributed by atoms with Gasteiger partial charge < -0.3 is 5.11 Å². The van der Waals surface area contributed by atoms with Gasteiger partial charge in [-0.2, -0.15) is 0 Å². The Morgan fingerprint density at radius 1 is 1.21 bits per heavy atom. The standard InChI is InChI=1S/C21H30O3/c1-12(22)17-11-18(24)19-15-5-4-13-10-14(23)6-8-20(13,2)16(15)7-9-21(17,19)3/h10,15-19,24H,4-9,11H2,1-3H3. The number of aliphatic hydroxyl groups excluding tert-OH is 1. The number of hydrogen-bond acceptors (Lipinski definition) is 3. The van der Waals surface area contributed by atoms with Crippen LogP contribution in [0.4, 0.5) is 0 Å². The molecule has 0 aromatic rings. The average Bonchev–Trinajstić information content (AvgIpc) is 2.80. The summed E-state index contributed by atoms with van der Waals surface area (Å²) >= 11 is 0. The Hall–Kier alpha value is -0.960. The lowest BCUT2D eigenvalue weighted by atomic mass is 9.46. The van der Waals surface area contributed by atoms with Gasteiger partial charge in [0.15, 0.2) is 5.78 Å². The van der Waals surface area contributed by atoms with Gasteiger partial charge in [-0.3, -0.25) is 9.59 Å². The number of ketones is 2. The zero-order valence-corrected chi connectivity index (χ0v) is 15.2. The van der Waals surface area contributed by atoms with Crippen molar-refractivity contribution in [2.75, 3.05) is 0 Å². The van der Waals surface area contributed by atoms with E-state index in [9.17, 15) is 14.7 Å². The van der Waals surface area contributed by atoms with Crippen LogP contribution >= 0.6 is 0 Å². The van der Waals surface area contributed by atoms with Crippen LogP contribution in [0.1, 0.15) is 65.7 Å². The van der Waals surface area contributed by atoms with Crippen LogP contribution in [0.15, 0.2) is 11.6 Å². The smallest absolute Gasteiger partial charge is 0.155 e. The molecular weight excluding hydrogens is 300 g/mol. The van der Waals surface area contributed by atoms with Gasteiger partial charge in [0.05, 0.1) is 6.10 Å². The van der Waals surface area contributed by atoms with E-state index in [0.717, 1.165) is 32.1 Å². The van der Waals surface area contributed by atoms with Crippen molar-refractivity contribution in [3.8, 4) is 0 Å². The first-order valence-corrected chi connectivity index (χ1v) is 9.70. The summed E-state index contributed by atoms with van der Waals surface area (Å²) in [5.74, 6) is 1.88. The van der Waals surface area contributed by atoms with Crippen molar-refractivity contribution in [2.24, 2.45) is 34.5 Å². The normalized spacial score (nSPS) is 50.6. The van der Waals surface area contributed by atoms with Crippen LogP contribution in [0.3, 0.4) is 0 Å². The second kappa shape index (κ2) is 5.27. The number of fused-ring (bicyclic) bond motifs is 5. The van der Waals surface area contributed by atoms with Crippen molar-refractivity contribution in [3.05, 3.63) is 11.6 Å². The molecule has 0 aromatic heterocycles. The predicted octanol–water partition coefficient (Wildman–Crippen LogP) is 3.69. The van der Waals surface area contributed by atoms with Crippen molar-refractivity contribution in [1.82, 2.24) is 0 Å². The number of Topliss-reactive ketones (excluding diaryl/α,β-unsaturated/α-hetero) is 1. The molecule has 24 heavy (non-hydrogen) atoms. The van der Waals surface area contributed by atoms with Crippen LogP contribution in [0.2, 0.25) is 0 Å². The third-order valence-electron chi connectivity index (χ3n) is 8.44. The lowest BCUT2D eigenvalue weighted by Crippen LogP contribution is -2.52. The van der Waals surface area contributed by atoms with Crippen LogP contribution in [-0.2, 0) is 9.59 Å². The maximum atomic E-state index is 12.2. The van der Waals surface area contributed by atoms with Gasteiger partial charge in [-0.25, -0.2) is 0 Å². The highest BCUT2D eigenvalue weighted by molar-refractivity contribution is 5.91. The summed E-state index contributed by atoms with van der Waals surface area (Å²) < 4.78 is 0. The molecule has 4 rings (SSSR count). The van der Waals surface area contributed by atoms with E-state index in [1.165, 1.54) is 5.57 Å². The van der Waals surface area contributed by atoms with E-state index in [-0.39, 0.29) is 34.6 Å². The Balaban J connectivity index is 1.70. The van der Waals surface area contributed by atoms with Gasteiger partial charge >= 0.3 is 0 Å².